The molecule has 0 aliphatic carbocycles. The second-order valence-corrected chi connectivity index (χ2v) is 5.53. The van der Waals surface area contributed by atoms with Gasteiger partial charge in [0, 0.05) is 11.8 Å². The lowest BCUT2D eigenvalue weighted by molar-refractivity contribution is 0.112. The number of aryl methyl sites for hydroxylation is 1. The summed E-state index contributed by atoms with van der Waals surface area (Å²) < 4.78 is 1.84. The average Bonchev–Trinajstić information content (AvgIpc) is 2.73. The van der Waals surface area contributed by atoms with Gasteiger partial charge in [-0.1, -0.05) is 29.8 Å². The molecule has 0 bridgehead atoms. The first-order valence-electron chi connectivity index (χ1n) is 6.04. The second-order valence-electron chi connectivity index (χ2n) is 5.53. The van der Waals surface area contributed by atoms with E-state index in [0.717, 1.165) is 17.5 Å². The van der Waals surface area contributed by atoms with E-state index in [1.807, 2.05) is 42.1 Å². The van der Waals surface area contributed by atoms with E-state index in [1.165, 1.54) is 5.56 Å². The lowest BCUT2D eigenvalue weighted by Gasteiger charge is -2.18. The molecule has 2 aromatic rings. The number of aromatic nitrogens is 2. The van der Waals surface area contributed by atoms with Gasteiger partial charge in [0.2, 0.25) is 0 Å². The van der Waals surface area contributed by atoms with Gasteiger partial charge in [-0.3, -0.25) is 9.48 Å². The summed E-state index contributed by atoms with van der Waals surface area (Å²) in [5.41, 5.74) is 3.43. The molecule has 0 fully saturated rings. The van der Waals surface area contributed by atoms with Gasteiger partial charge in [0.25, 0.3) is 0 Å². The zero-order valence-electron chi connectivity index (χ0n) is 11.3. The van der Waals surface area contributed by atoms with Crippen molar-refractivity contribution in [3.63, 3.8) is 0 Å². The monoisotopic (exact) mass is 242 g/mol. The Morgan fingerprint density at radius 1 is 1.17 bits per heavy atom. The third-order valence-corrected chi connectivity index (χ3v) is 2.88. The highest BCUT2D eigenvalue weighted by atomic mass is 16.1. The van der Waals surface area contributed by atoms with Gasteiger partial charge in [0.15, 0.2) is 6.29 Å². The molecule has 0 N–H and O–H groups in total. The molecule has 0 unspecified atom stereocenters. The van der Waals surface area contributed by atoms with Gasteiger partial charge in [-0.15, -0.1) is 0 Å². The Morgan fingerprint density at radius 3 is 2.28 bits per heavy atom. The smallest absolute Gasteiger partial charge is 0.153 e. The maximum atomic E-state index is 11.2. The molecule has 18 heavy (non-hydrogen) atoms. The van der Waals surface area contributed by atoms with Crippen molar-refractivity contribution in [3.8, 4) is 11.3 Å². The van der Waals surface area contributed by atoms with Crippen molar-refractivity contribution < 1.29 is 4.79 Å². The molecule has 0 aliphatic rings. The van der Waals surface area contributed by atoms with Crippen LogP contribution in [0.4, 0.5) is 0 Å². The van der Waals surface area contributed by atoms with Crippen molar-refractivity contribution in [1.29, 1.82) is 0 Å². The summed E-state index contributed by atoms with van der Waals surface area (Å²) in [6, 6.07) is 8.05. The summed E-state index contributed by atoms with van der Waals surface area (Å²) in [4.78, 5) is 11.2. The summed E-state index contributed by atoms with van der Waals surface area (Å²) in [6.07, 6.45) is 2.67. The van der Waals surface area contributed by atoms with Crippen molar-refractivity contribution >= 4 is 6.29 Å². The minimum atomic E-state index is -0.124. The Labute approximate surface area is 107 Å². The van der Waals surface area contributed by atoms with Crippen molar-refractivity contribution in [3.05, 3.63) is 41.6 Å². The molecule has 0 spiro atoms. The van der Waals surface area contributed by atoms with Gasteiger partial charge in [-0.05, 0) is 27.7 Å². The van der Waals surface area contributed by atoms with Crippen molar-refractivity contribution in [2.75, 3.05) is 0 Å². The van der Waals surface area contributed by atoms with Crippen LogP contribution in [0.15, 0.2) is 30.5 Å². The molecule has 1 aromatic carbocycles. The van der Waals surface area contributed by atoms with E-state index in [1.54, 1.807) is 0 Å². The zero-order valence-corrected chi connectivity index (χ0v) is 11.3. The first-order chi connectivity index (χ1) is 8.41. The fraction of sp³-hybridized carbons (Fsp3) is 0.333. The molecular weight excluding hydrogens is 224 g/mol. The van der Waals surface area contributed by atoms with Gasteiger partial charge in [0.05, 0.1) is 11.1 Å². The van der Waals surface area contributed by atoms with E-state index in [9.17, 15) is 4.79 Å². The fourth-order valence-electron chi connectivity index (χ4n) is 1.75. The topological polar surface area (TPSA) is 34.9 Å². The largest absolute Gasteiger partial charge is 0.298 e. The highest BCUT2D eigenvalue weighted by Gasteiger charge is 2.18. The number of hydrogen-bond acceptors (Lipinski definition) is 2. The second kappa shape index (κ2) is 4.41. The average molecular weight is 242 g/mol. The summed E-state index contributed by atoms with van der Waals surface area (Å²) in [6.45, 7) is 8.23. The maximum Gasteiger partial charge on any atom is 0.153 e. The zero-order chi connectivity index (χ0) is 13.3. The molecule has 3 nitrogen and oxygen atoms in total. The number of rotatable bonds is 2. The highest BCUT2D eigenvalue weighted by Crippen LogP contribution is 2.24. The van der Waals surface area contributed by atoms with Crippen LogP contribution >= 0.6 is 0 Å². The molecule has 1 aromatic heterocycles. The molecule has 1 heterocycles. The highest BCUT2D eigenvalue weighted by molar-refractivity contribution is 5.85. The van der Waals surface area contributed by atoms with Crippen LogP contribution in [0.25, 0.3) is 11.3 Å². The number of hydrogen-bond donors (Lipinski definition) is 0. The van der Waals surface area contributed by atoms with Gasteiger partial charge in [0.1, 0.15) is 5.69 Å². The number of aldehydes is 1. The van der Waals surface area contributed by atoms with E-state index >= 15 is 0 Å². The number of benzene rings is 1. The third-order valence-electron chi connectivity index (χ3n) is 2.88. The Hall–Kier alpha value is -1.90. The predicted molar refractivity (Wildman–Crippen MR) is 72.8 cm³/mol. The summed E-state index contributed by atoms with van der Waals surface area (Å²) in [5.74, 6) is 0. The quantitative estimate of drug-likeness (QED) is 0.756. The molecule has 3 heteroatoms. The van der Waals surface area contributed by atoms with Crippen LogP contribution in [0.2, 0.25) is 0 Å². The van der Waals surface area contributed by atoms with E-state index in [4.69, 9.17) is 0 Å². The molecule has 0 saturated carbocycles. The van der Waals surface area contributed by atoms with Crippen LogP contribution in [-0.4, -0.2) is 16.1 Å². The maximum absolute atomic E-state index is 11.2. The fourth-order valence-corrected chi connectivity index (χ4v) is 1.75. The van der Waals surface area contributed by atoms with Crippen LogP contribution < -0.4 is 0 Å². The van der Waals surface area contributed by atoms with Gasteiger partial charge in [-0.25, -0.2) is 0 Å². The number of carbonyl (C=O) groups excluding carboxylic acids is 1. The van der Waals surface area contributed by atoms with E-state index < -0.39 is 0 Å². The van der Waals surface area contributed by atoms with Crippen LogP contribution in [0, 0.1) is 6.92 Å². The van der Waals surface area contributed by atoms with Gasteiger partial charge < -0.3 is 0 Å². The molecule has 0 aliphatic heterocycles. The summed E-state index contributed by atoms with van der Waals surface area (Å²) in [5, 5.41) is 4.54. The Morgan fingerprint density at radius 2 is 1.78 bits per heavy atom. The minimum Gasteiger partial charge on any atom is -0.298 e. The molecular formula is C15H18N2O. The van der Waals surface area contributed by atoms with Crippen LogP contribution in [-0.2, 0) is 5.54 Å². The van der Waals surface area contributed by atoms with Crippen molar-refractivity contribution in [2.45, 2.75) is 33.2 Å². The van der Waals surface area contributed by atoms with Crippen LogP contribution in [0.5, 0.6) is 0 Å². The van der Waals surface area contributed by atoms with Crippen molar-refractivity contribution in [2.24, 2.45) is 0 Å². The Kier molecular flexibility index (Phi) is 3.07. The first kappa shape index (κ1) is 12.6. The molecule has 0 saturated heterocycles. The van der Waals surface area contributed by atoms with Gasteiger partial charge >= 0.3 is 0 Å². The van der Waals surface area contributed by atoms with E-state index in [2.05, 4.69) is 25.9 Å². The molecule has 0 amide bonds. The van der Waals surface area contributed by atoms with Crippen molar-refractivity contribution in [1.82, 2.24) is 9.78 Å². The molecule has 0 atom stereocenters. The van der Waals surface area contributed by atoms with E-state index in [-0.39, 0.29) is 5.54 Å². The SMILES string of the molecule is Cc1ccc(-c2nn(C(C)(C)C)cc2C=O)cc1. The summed E-state index contributed by atoms with van der Waals surface area (Å²) in [7, 11) is 0. The lowest BCUT2D eigenvalue weighted by Crippen LogP contribution is -2.22. The molecule has 2 rings (SSSR count). The number of carbonyl (C=O) groups is 1. The number of nitrogens with zero attached hydrogens (tertiary/aromatic N) is 2. The molecule has 0 radical (unpaired) electrons. The van der Waals surface area contributed by atoms with Crippen LogP contribution in [0.1, 0.15) is 36.7 Å². The van der Waals surface area contributed by atoms with Gasteiger partial charge in [-0.2, -0.15) is 5.10 Å². The van der Waals surface area contributed by atoms with Crippen LogP contribution in [0.3, 0.4) is 0 Å². The predicted octanol–water partition coefficient (Wildman–Crippen LogP) is 3.43. The Bertz CT molecular complexity index is 559. The summed E-state index contributed by atoms with van der Waals surface area (Å²) >= 11 is 0. The lowest BCUT2D eigenvalue weighted by atomic mass is 10.1. The minimum absolute atomic E-state index is 0.124. The van der Waals surface area contributed by atoms with E-state index in [0.29, 0.717) is 5.56 Å². The normalized spacial score (nSPS) is 11.6. The Balaban J connectivity index is 2.53. The first-order valence-corrected chi connectivity index (χ1v) is 6.04. The third kappa shape index (κ3) is 2.35. The standard InChI is InChI=1S/C15H18N2O/c1-11-5-7-12(8-6-11)14-13(10-18)9-17(16-14)15(2,3)4/h5-10H,1-4H3. The molecule has 94 valence electrons.